The van der Waals surface area contributed by atoms with Crippen molar-refractivity contribution in [2.24, 2.45) is 0 Å². The predicted molar refractivity (Wildman–Crippen MR) is 10.2 cm³/mol. The summed E-state index contributed by atoms with van der Waals surface area (Å²) in [5.74, 6) is 0. The number of hydrogen-bond acceptors (Lipinski definition) is 0. The zero-order chi connectivity index (χ0) is 3.58. The molecule has 0 aliphatic heterocycles. The Kier molecular flexibility index (Phi) is 8.99. The van der Waals surface area contributed by atoms with E-state index in [-0.39, 0.29) is 19.5 Å². The molecule has 0 bridgehead atoms. The molecule has 0 saturated carbocycles. The third-order valence-corrected chi connectivity index (χ3v) is 0. The van der Waals surface area contributed by atoms with Crippen molar-refractivity contribution in [3.05, 3.63) is 0 Å². The molecule has 0 spiro atoms. The Morgan fingerprint density at radius 2 is 1.00 bits per heavy atom. The van der Waals surface area contributed by atoms with E-state index < -0.39 is 8.85 Å². The Hall–Kier alpha value is 0.843. The van der Waals surface area contributed by atoms with Crippen LogP contribution in [0.5, 0.6) is 0 Å². The smallest absolute Gasteiger partial charge is 0.152 e. The molecule has 0 rings (SSSR count). The van der Waals surface area contributed by atoms with E-state index in [2.05, 4.69) is 0 Å². The molecular formula is F3PRu. The summed E-state index contributed by atoms with van der Waals surface area (Å²) in [6, 6.07) is 0. The molecule has 0 aromatic heterocycles. The van der Waals surface area contributed by atoms with Crippen molar-refractivity contribution in [1.82, 2.24) is 0 Å². The number of halogens is 3. The van der Waals surface area contributed by atoms with Gasteiger partial charge in [-0.1, -0.05) is 0 Å². The summed E-state index contributed by atoms with van der Waals surface area (Å²) in [5, 5.41) is 0. The first-order valence-electron chi connectivity index (χ1n) is 0.507. The minimum Gasteiger partial charge on any atom is -0.152 e. The fourth-order valence-corrected chi connectivity index (χ4v) is 0. The first-order valence-corrected chi connectivity index (χ1v) is 1.52. The van der Waals surface area contributed by atoms with Crippen molar-refractivity contribution in [3.8, 4) is 0 Å². The van der Waals surface area contributed by atoms with E-state index in [0.29, 0.717) is 0 Å². The monoisotopic (exact) mass is 190 g/mol. The van der Waals surface area contributed by atoms with Crippen LogP contribution in [-0.4, -0.2) is 0 Å². The van der Waals surface area contributed by atoms with E-state index in [1.54, 1.807) is 0 Å². The number of rotatable bonds is 0. The van der Waals surface area contributed by atoms with Crippen molar-refractivity contribution < 1.29 is 32.1 Å². The van der Waals surface area contributed by atoms with Crippen LogP contribution in [0.4, 0.5) is 12.6 Å². The second-order valence-electron chi connectivity index (χ2n) is 0.192. The molecule has 0 atom stereocenters. The zero-order valence-corrected chi connectivity index (χ0v) is 4.57. The minimum absolute atomic E-state index is 0. The van der Waals surface area contributed by atoms with Crippen molar-refractivity contribution in [2.75, 3.05) is 0 Å². The molecule has 0 unspecified atom stereocenters. The molecule has 5 heavy (non-hydrogen) atoms. The van der Waals surface area contributed by atoms with Crippen LogP contribution >= 0.6 is 8.85 Å². The van der Waals surface area contributed by atoms with Crippen LogP contribution in [0, 0.1) is 0 Å². The molecule has 0 N–H and O–H groups in total. The van der Waals surface area contributed by atoms with Crippen LogP contribution in [0.2, 0.25) is 0 Å². The first-order chi connectivity index (χ1) is 1.73. The van der Waals surface area contributed by atoms with E-state index in [1.165, 1.54) is 0 Å². The normalized spacial score (nSPS) is 7.20. The second-order valence-corrected chi connectivity index (χ2v) is 0.575. The maximum absolute atomic E-state index is 9.73. The fraction of sp³-hybridized carbons (Fsp3) is 0. The summed E-state index contributed by atoms with van der Waals surface area (Å²) in [6.07, 6.45) is 0. The molecule has 34 valence electrons. The maximum atomic E-state index is 9.73. The quantitative estimate of drug-likeness (QED) is 0.404. The van der Waals surface area contributed by atoms with Gasteiger partial charge in [0, 0.05) is 19.5 Å². The third kappa shape index (κ3) is 55.1. The molecule has 0 fully saturated rings. The van der Waals surface area contributed by atoms with Gasteiger partial charge in [-0.2, -0.15) is 12.6 Å². The molecule has 0 nitrogen and oxygen atoms in total. The van der Waals surface area contributed by atoms with Gasteiger partial charge in [0.05, 0.1) is 0 Å². The molecule has 0 aromatic carbocycles. The first kappa shape index (κ1) is 9.28. The fourth-order valence-electron chi connectivity index (χ4n) is 0. The third-order valence-electron chi connectivity index (χ3n) is 0. The van der Waals surface area contributed by atoms with Gasteiger partial charge in [-0.25, -0.2) is 0 Å². The average Bonchev–Trinajstić information content (AvgIpc) is 0.811. The minimum atomic E-state index is -4.12. The van der Waals surface area contributed by atoms with Gasteiger partial charge in [0.2, 0.25) is 0 Å². The van der Waals surface area contributed by atoms with Gasteiger partial charge >= 0.3 is 8.85 Å². The summed E-state index contributed by atoms with van der Waals surface area (Å²) in [6.45, 7) is 0. The van der Waals surface area contributed by atoms with E-state index in [4.69, 9.17) is 0 Å². The molecule has 0 heterocycles. The van der Waals surface area contributed by atoms with Crippen molar-refractivity contribution in [2.45, 2.75) is 0 Å². The Balaban J connectivity index is 0. The van der Waals surface area contributed by atoms with Gasteiger partial charge in [-0.15, -0.1) is 0 Å². The van der Waals surface area contributed by atoms with Crippen LogP contribution in [-0.2, 0) is 19.5 Å². The Morgan fingerprint density at radius 3 is 1.00 bits per heavy atom. The Morgan fingerprint density at radius 1 is 1.00 bits per heavy atom. The molecular weight excluding hydrogens is 189 g/mol. The predicted octanol–water partition coefficient (Wildman–Crippen LogP) is 2.12. The molecule has 0 amide bonds. The summed E-state index contributed by atoms with van der Waals surface area (Å²) in [5.41, 5.74) is 0. The van der Waals surface area contributed by atoms with Crippen molar-refractivity contribution >= 4 is 8.85 Å². The molecule has 0 aliphatic carbocycles. The van der Waals surface area contributed by atoms with E-state index in [9.17, 15) is 12.6 Å². The van der Waals surface area contributed by atoms with Gasteiger partial charge in [0.15, 0.2) is 0 Å². The largest absolute Gasteiger partial charge is 0.456 e. The van der Waals surface area contributed by atoms with Gasteiger partial charge in [-0.05, 0) is 0 Å². The standard InChI is InChI=1S/F3P.Ru/c1-4(2)3;. The maximum Gasteiger partial charge on any atom is 0.456 e. The van der Waals surface area contributed by atoms with E-state index >= 15 is 0 Å². The van der Waals surface area contributed by atoms with Crippen molar-refractivity contribution in [3.63, 3.8) is 0 Å². The van der Waals surface area contributed by atoms with Gasteiger partial charge in [0.25, 0.3) is 0 Å². The molecule has 0 aliphatic rings. The topological polar surface area (TPSA) is 0 Å². The van der Waals surface area contributed by atoms with Crippen LogP contribution in [0.3, 0.4) is 0 Å². The van der Waals surface area contributed by atoms with Gasteiger partial charge in [-0.3, -0.25) is 0 Å². The van der Waals surface area contributed by atoms with Crippen LogP contribution in [0.15, 0.2) is 0 Å². The van der Waals surface area contributed by atoms with Crippen LogP contribution in [0.1, 0.15) is 0 Å². The zero-order valence-electron chi connectivity index (χ0n) is 1.93. The SMILES string of the molecule is FP(F)F.[Ru]. The van der Waals surface area contributed by atoms with Crippen LogP contribution in [0.25, 0.3) is 0 Å². The van der Waals surface area contributed by atoms with Gasteiger partial charge < -0.3 is 0 Å². The number of hydrogen-bond donors (Lipinski definition) is 0. The second kappa shape index (κ2) is 4.84. The Bertz CT molecular complexity index is 11.6. The van der Waals surface area contributed by atoms with Crippen LogP contribution < -0.4 is 0 Å². The van der Waals surface area contributed by atoms with Crippen molar-refractivity contribution in [1.29, 1.82) is 0 Å². The molecule has 0 aromatic rings. The molecule has 0 radical (unpaired) electrons. The summed E-state index contributed by atoms with van der Waals surface area (Å²) >= 11 is 0. The molecule has 5 heteroatoms. The summed E-state index contributed by atoms with van der Waals surface area (Å²) in [4.78, 5) is 0. The Labute approximate surface area is 41.6 Å². The van der Waals surface area contributed by atoms with E-state index in [1.807, 2.05) is 0 Å². The van der Waals surface area contributed by atoms with E-state index in [0.717, 1.165) is 0 Å². The summed E-state index contributed by atoms with van der Waals surface area (Å²) in [7, 11) is -4.12. The molecule has 0 saturated heterocycles. The average molecular weight is 189 g/mol. The summed E-state index contributed by atoms with van der Waals surface area (Å²) < 4.78 is 29.2. The van der Waals surface area contributed by atoms with Gasteiger partial charge in [0.1, 0.15) is 0 Å².